The molecule has 0 bridgehead atoms. The zero-order chi connectivity index (χ0) is 22.8. The third-order valence-electron chi connectivity index (χ3n) is 5.19. The van der Waals surface area contributed by atoms with Crippen LogP contribution in [0.4, 0.5) is 4.39 Å². The lowest BCUT2D eigenvalue weighted by atomic mass is 10.1. The maximum Gasteiger partial charge on any atom is 0.343 e. The van der Waals surface area contributed by atoms with Crippen LogP contribution in [-0.2, 0) is 6.42 Å². The minimum absolute atomic E-state index is 0.0439. The van der Waals surface area contributed by atoms with Gasteiger partial charge in [-0.1, -0.05) is 51.2 Å². The average Bonchev–Trinajstić information content (AvgIpc) is 2.82. The van der Waals surface area contributed by atoms with Crippen molar-refractivity contribution in [2.75, 3.05) is 0 Å². The topological polar surface area (TPSA) is 75.9 Å². The predicted octanol–water partition coefficient (Wildman–Crippen LogP) is 6.28. The highest BCUT2D eigenvalue weighted by atomic mass is 19.1. The number of aromatic nitrogens is 2. The van der Waals surface area contributed by atoms with Crippen molar-refractivity contribution in [3.05, 3.63) is 77.2 Å². The number of hydrogen-bond acceptors (Lipinski definition) is 5. The van der Waals surface area contributed by atoms with E-state index in [0.717, 1.165) is 35.9 Å². The first kappa shape index (κ1) is 23.1. The maximum absolute atomic E-state index is 13.7. The molecule has 0 spiro atoms. The van der Waals surface area contributed by atoms with Crippen LogP contribution in [0.3, 0.4) is 0 Å². The third-order valence-corrected chi connectivity index (χ3v) is 5.19. The number of rotatable bonds is 10. The molecule has 0 saturated heterocycles. The number of nitrogens with zero attached hydrogens (tertiary/aromatic N) is 3. The summed E-state index contributed by atoms with van der Waals surface area (Å²) in [6.07, 6.45) is 8.41. The Morgan fingerprint density at radius 2 is 1.72 bits per heavy atom. The normalized spacial score (nSPS) is 10.5. The van der Waals surface area contributed by atoms with Gasteiger partial charge < -0.3 is 4.74 Å². The number of carbonyl (C=O) groups excluding carboxylic acids is 1. The molecule has 0 N–H and O–H groups in total. The molecular formula is C26H26FN3O2. The molecule has 3 rings (SSSR count). The van der Waals surface area contributed by atoms with Crippen molar-refractivity contribution >= 4 is 5.97 Å². The molecule has 0 unspecified atom stereocenters. The fourth-order valence-electron chi connectivity index (χ4n) is 3.33. The molecule has 3 aromatic rings. The monoisotopic (exact) mass is 431 g/mol. The van der Waals surface area contributed by atoms with Crippen LogP contribution in [0.25, 0.3) is 11.3 Å². The van der Waals surface area contributed by atoms with Gasteiger partial charge in [-0.2, -0.15) is 15.5 Å². The van der Waals surface area contributed by atoms with Gasteiger partial charge in [-0.15, -0.1) is 0 Å². The van der Waals surface area contributed by atoms with Crippen LogP contribution < -0.4 is 4.74 Å². The molecule has 6 heteroatoms. The highest BCUT2D eigenvalue weighted by molar-refractivity contribution is 5.91. The number of hydrogen-bond donors (Lipinski definition) is 0. The third kappa shape index (κ3) is 6.45. The zero-order valence-electron chi connectivity index (χ0n) is 18.2. The lowest BCUT2D eigenvalue weighted by molar-refractivity contribution is 0.0734. The van der Waals surface area contributed by atoms with E-state index in [9.17, 15) is 9.18 Å². The molecule has 0 atom stereocenters. The molecule has 0 aliphatic heterocycles. The Bertz CT molecular complexity index is 1070. The van der Waals surface area contributed by atoms with Crippen LogP contribution in [0, 0.1) is 17.1 Å². The summed E-state index contributed by atoms with van der Waals surface area (Å²) >= 11 is 0. The molecule has 5 nitrogen and oxygen atoms in total. The molecule has 0 amide bonds. The van der Waals surface area contributed by atoms with Crippen molar-refractivity contribution in [3.63, 3.8) is 0 Å². The summed E-state index contributed by atoms with van der Waals surface area (Å²) in [6.45, 7) is 2.22. The fraction of sp³-hybridized carbons (Fsp3) is 0.308. The lowest BCUT2D eigenvalue weighted by Gasteiger charge is -2.06. The second-order valence-electron chi connectivity index (χ2n) is 7.65. The Morgan fingerprint density at radius 1 is 0.969 bits per heavy atom. The summed E-state index contributed by atoms with van der Waals surface area (Å²) in [5.74, 6) is -1.30. The molecule has 1 aromatic heterocycles. The standard InChI is InChI=1S/C26H26FN3O2/c1-2-3-4-5-6-7-8-22-14-16-25(30-29-22)19-9-11-20(12-10-19)26(31)32-23-15-13-21(18-28)24(27)17-23/h9-17H,2-8H2,1H3. The van der Waals surface area contributed by atoms with Crippen LogP contribution in [0.1, 0.15) is 67.1 Å². The van der Waals surface area contributed by atoms with E-state index < -0.39 is 11.8 Å². The van der Waals surface area contributed by atoms with Crippen molar-refractivity contribution in [2.45, 2.75) is 51.9 Å². The number of benzene rings is 2. The smallest absolute Gasteiger partial charge is 0.343 e. The molecule has 0 aliphatic carbocycles. The minimum Gasteiger partial charge on any atom is -0.423 e. The molecule has 2 aromatic carbocycles. The highest BCUT2D eigenvalue weighted by Crippen LogP contribution is 2.20. The quantitative estimate of drug-likeness (QED) is 0.215. The van der Waals surface area contributed by atoms with Gasteiger partial charge in [-0.3, -0.25) is 0 Å². The fourth-order valence-corrected chi connectivity index (χ4v) is 3.33. The first-order valence-electron chi connectivity index (χ1n) is 11.0. The van der Waals surface area contributed by atoms with Gasteiger partial charge in [0.25, 0.3) is 0 Å². The maximum atomic E-state index is 13.7. The van der Waals surface area contributed by atoms with Gasteiger partial charge in [0.2, 0.25) is 0 Å². The Hall–Kier alpha value is -3.59. The van der Waals surface area contributed by atoms with E-state index in [4.69, 9.17) is 10.00 Å². The van der Waals surface area contributed by atoms with E-state index in [0.29, 0.717) is 5.56 Å². The van der Waals surface area contributed by atoms with Crippen molar-refractivity contribution in [2.24, 2.45) is 0 Å². The molecule has 32 heavy (non-hydrogen) atoms. The van der Waals surface area contributed by atoms with E-state index in [1.807, 2.05) is 12.1 Å². The molecule has 0 fully saturated rings. The number of esters is 1. The number of aryl methyl sites for hydroxylation is 1. The van der Waals surface area contributed by atoms with Crippen molar-refractivity contribution in [1.29, 1.82) is 5.26 Å². The van der Waals surface area contributed by atoms with Gasteiger partial charge in [0.1, 0.15) is 17.6 Å². The van der Waals surface area contributed by atoms with Crippen LogP contribution >= 0.6 is 0 Å². The SMILES string of the molecule is CCCCCCCCc1ccc(-c2ccc(C(=O)Oc3ccc(C#N)c(F)c3)cc2)nn1. The molecule has 0 radical (unpaired) electrons. The minimum atomic E-state index is -0.730. The van der Waals surface area contributed by atoms with E-state index in [1.165, 1.54) is 44.2 Å². The molecule has 0 aliphatic rings. The van der Waals surface area contributed by atoms with Crippen LogP contribution in [0.2, 0.25) is 0 Å². The van der Waals surface area contributed by atoms with Gasteiger partial charge in [0.05, 0.1) is 22.5 Å². The summed E-state index contributed by atoms with van der Waals surface area (Å²) in [6, 6.07) is 16.1. The Balaban J connectivity index is 1.55. The van der Waals surface area contributed by atoms with Crippen molar-refractivity contribution in [1.82, 2.24) is 10.2 Å². The number of halogens is 1. The highest BCUT2D eigenvalue weighted by Gasteiger charge is 2.11. The summed E-state index contributed by atoms with van der Waals surface area (Å²) in [4.78, 5) is 12.3. The molecular weight excluding hydrogens is 405 g/mol. The van der Waals surface area contributed by atoms with E-state index >= 15 is 0 Å². The number of nitriles is 1. The van der Waals surface area contributed by atoms with Gasteiger partial charge in [0, 0.05) is 11.6 Å². The second kappa shape index (κ2) is 11.7. The zero-order valence-corrected chi connectivity index (χ0v) is 18.2. The average molecular weight is 432 g/mol. The first-order chi connectivity index (χ1) is 15.6. The lowest BCUT2D eigenvalue weighted by Crippen LogP contribution is -2.08. The van der Waals surface area contributed by atoms with E-state index in [-0.39, 0.29) is 11.3 Å². The van der Waals surface area contributed by atoms with Crippen molar-refractivity contribution in [3.8, 4) is 23.1 Å². The van der Waals surface area contributed by atoms with E-state index in [1.54, 1.807) is 30.3 Å². The van der Waals surface area contributed by atoms with Gasteiger partial charge in [0.15, 0.2) is 0 Å². The largest absolute Gasteiger partial charge is 0.423 e. The predicted molar refractivity (Wildman–Crippen MR) is 121 cm³/mol. The summed E-state index contributed by atoms with van der Waals surface area (Å²) in [5.41, 5.74) is 2.77. The first-order valence-corrected chi connectivity index (χ1v) is 11.0. The van der Waals surface area contributed by atoms with Crippen LogP contribution in [-0.4, -0.2) is 16.2 Å². The summed E-state index contributed by atoms with van der Waals surface area (Å²) in [5, 5.41) is 17.4. The van der Waals surface area contributed by atoms with Crippen molar-refractivity contribution < 1.29 is 13.9 Å². The number of ether oxygens (including phenoxy) is 1. The Kier molecular flexibility index (Phi) is 8.44. The second-order valence-corrected chi connectivity index (χ2v) is 7.65. The van der Waals surface area contributed by atoms with Gasteiger partial charge >= 0.3 is 5.97 Å². The van der Waals surface area contributed by atoms with Crippen LogP contribution in [0.15, 0.2) is 54.6 Å². The Labute approximate surface area is 187 Å². The number of carbonyl (C=O) groups is 1. The Morgan fingerprint density at radius 3 is 2.38 bits per heavy atom. The van der Waals surface area contributed by atoms with E-state index in [2.05, 4.69) is 17.1 Å². The number of unbranched alkanes of at least 4 members (excludes halogenated alkanes) is 5. The molecule has 0 saturated carbocycles. The molecule has 1 heterocycles. The van der Waals surface area contributed by atoms with Crippen LogP contribution in [0.5, 0.6) is 5.75 Å². The molecule has 164 valence electrons. The van der Waals surface area contributed by atoms with Gasteiger partial charge in [-0.25, -0.2) is 9.18 Å². The summed E-state index contributed by atoms with van der Waals surface area (Å²) in [7, 11) is 0. The summed E-state index contributed by atoms with van der Waals surface area (Å²) < 4.78 is 18.9. The van der Waals surface area contributed by atoms with Gasteiger partial charge in [-0.05, 0) is 49.2 Å².